The molecule has 1 N–H and O–H groups in total. The summed E-state index contributed by atoms with van der Waals surface area (Å²) < 4.78 is 0. The van der Waals surface area contributed by atoms with Gasteiger partial charge in [0.15, 0.2) is 0 Å². The highest BCUT2D eigenvalue weighted by Crippen LogP contribution is 2.14. The highest BCUT2D eigenvalue weighted by molar-refractivity contribution is 5.54. The van der Waals surface area contributed by atoms with Gasteiger partial charge in [-0.25, -0.2) is 4.98 Å². The summed E-state index contributed by atoms with van der Waals surface area (Å²) in [7, 11) is 0. The third-order valence-corrected chi connectivity index (χ3v) is 2.20. The Bertz CT molecular complexity index is 390. The Morgan fingerprint density at radius 2 is 2.00 bits per heavy atom. The number of aryl methyl sites for hydroxylation is 1. The van der Waals surface area contributed by atoms with Crippen molar-refractivity contribution in [1.29, 1.82) is 0 Å². The molecule has 0 spiro atoms. The van der Waals surface area contributed by atoms with Gasteiger partial charge in [0.2, 0.25) is 0 Å². The lowest BCUT2D eigenvalue weighted by atomic mass is 10.2. The van der Waals surface area contributed by atoms with Gasteiger partial charge in [0.1, 0.15) is 5.82 Å². The lowest BCUT2D eigenvalue weighted by Crippen LogP contribution is -1.83. The first-order chi connectivity index (χ1) is 6.90. The number of nitrogens with zero attached hydrogens (tertiary/aromatic N) is 1. The fourth-order valence-corrected chi connectivity index (χ4v) is 1.50. The minimum Gasteiger partial charge on any atom is -0.342 e. The monoisotopic (exact) mass is 186 g/mol. The SMILES string of the molecule is CCCc1cnc(-c2ccccc2)[nH]1. The summed E-state index contributed by atoms with van der Waals surface area (Å²) in [6.45, 7) is 2.17. The van der Waals surface area contributed by atoms with Gasteiger partial charge in [-0.15, -0.1) is 0 Å². The molecular formula is C12H14N2. The van der Waals surface area contributed by atoms with Crippen LogP contribution in [0.3, 0.4) is 0 Å². The second kappa shape index (κ2) is 4.09. The summed E-state index contributed by atoms with van der Waals surface area (Å²) in [5.74, 6) is 0.967. The zero-order valence-corrected chi connectivity index (χ0v) is 8.33. The van der Waals surface area contributed by atoms with E-state index >= 15 is 0 Å². The Kier molecular flexibility index (Phi) is 2.63. The second-order valence-electron chi connectivity index (χ2n) is 3.37. The zero-order valence-electron chi connectivity index (χ0n) is 8.33. The maximum Gasteiger partial charge on any atom is 0.137 e. The molecule has 0 atom stereocenters. The number of nitrogens with one attached hydrogen (secondary N) is 1. The van der Waals surface area contributed by atoms with Crippen molar-refractivity contribution in [2.75, 3.05) is 0 Å². The van der Waals surface area contributed by atoms with Crippen molar-refractivity contribution < 1.29 is 0 Å². The van der Waals surface area contributed by atoms with Crippen LogP contribution in [0.2, 0.25) is 0 Å². The van der Waals surface area contributed by atoms with Crippen molar-refractivity contribution in [3.8, 4) is 11.4 Å². The number of benzene rings is 1. The highest BCUT2D eigenvalue weighted by Gasteiger charge is 2.01. The Hall–Kier alpha value is -1.57. The van der Waals surface area contributed by atoms with Crippen LogP contribution in [0.1, 0.15) is 19.0 Å². The quantitative estimate of drug-likeness (QED) is 0.784. The van der Waals surface area contributed by atoms with Crippen LogP contribution in [0.5, 0.6) is 0 Å². The van der Waals surface area contributed by atoms with Gasteiger partial charge in [-0.1, -0.05) is 43.7 Å². The van der Waals surface area contributed by atoms with Crippen LogP contribution < -0.4 is 0 Å². The Morgan fingerprint density at radius 3 is 2.71 bits per heavy atom. The highest BCUT2D eigenvalue weighted by atomic mass is 14.9. The summed E-state index contributed by atoms with van der Waals surface area (Å²) in [4.78, 5) is 7.67. The third-order valence-electron chi connectivity index (χ3n) is 2.20. The molecule has 1 aromatic carbocycles. The topological polar surface area (TPSA) is 28.7 Å². The number of imidazole rings is 1. The fourth-order valence-electron chi connectivity index (χ4n) is 1.50. The van der Waals surface area contributed by atoms with E-state index < -0.39 is 0 Å². The Morgan fingerprint density at radius 1 is 1.21 bits per heavy atom. The molecule has 2 nitrogen and oxygen atoms in total. The summed E-state index contributed by atoms with van der Waals surface area (Å²) >= 11 is 0. The molecule has 0 radical (unpaired) electrons. The van der Waals surface area contributed by atoms with E-state index in [4.69, 9.17) is 0 Å². The predicted octanol–water partition coefficient (Wildman–Crippen LogP) is 3.03. The van der Waals surface area contributed by atoms with E-state index in [1.807, 2.05) is 24.4 Å². The number of hydrogen-bond donors (Lipinski definition) is 1. The van der Waals surface area contributed by atoms with Crippen LogP contribution in [0, 0.1) is 0 Å². The number of hydrogen-bond acceptors (Lipinski definition) is 1. The van der Waals surface area contributed by atoms with Gasteiger partial charge in [0.05, 0.1) is 0 Å². The molecule has 72 valence electrons. The van der Waals surface area contributed by atoms with Crippen LogP contribution in [-0.4, -0.2) is 9.97 Å². The molecule has 1 heterocycles. The molecule has 0 aliphatic heterocycles. The van der Waals surface area contributed by atoms with Crippen molar-refractivity contribution in [3.05, 3.63) is 42.2 Å². The summed E-state index contributed by atoms with van der Waals surface area (Å²) in [5, 5.41) is 0. The molecule has 0 aliphatic rings. The second-order valence-corrected chi connectivity index (χ2v) is 3.37. The standard InChI is InChI=1S/C12H14N2/c1-2-6-11-9-13-12(14-11)10-7-4-3-5-8-10/h3-5,7-9H,2,6H2,1H3,(H,13,14). The fraction of sp³-hybridized carbons (Fsp3) is 0.250. The number of rotatable bonds is 3. The minimum atomic E-state index is 0.967. The maximum atomic E-state index is 4.35. The van der Waals surface area contributed by atoms with Crippen LogP contribution >= 0.6 is 0 Å². The van der Waals surface area contributed by atoms with E-state index in [-0.39, 0.29) is 0 Å². The smallest absolute Gasteiger partial charge is 0.137 e. The van der Waals surface area contributed by atoms with Gasteiger partial charge in [0.25, 0.3) is 0 Å². The van der Waals surface area contributed by atoms with E-state index in [2.05, 4.69) is 29.0 Å². The van der Waals surface area contributed by atoms with E-state index in [1.165, 1.54) is 5.69 Å². The van der Waals surface area contributed by atoms with Gasteiger partial charge in [-0.2, -0.15) is 0 Å². The van der Waals surface area contributed by atoms with E-state index in [0.29, 0.717) is 0 Å². The van der Waals surface area contributed by atoms with E-state index in [0.717, 1.165) is 24.2 Å². The molecule has 0 saturated carbocycles. The van der Waals surface area contributed by atoms with Gasteiger partial charge >= 0.3 is 0 Å². The number of aromatic nitrogens is 2. The number of H-pyrrole nitrogens is 1. The molecule has 1 aromatic heterocycles. The molecule has 0 aliphatic carbocycles. The zero-order chi connectivity index (χ0) is 9.80. The molecule has 0 amide bonds. The van der Waals surface area contributed by atoms with Gasteiger partial charge in [-0.3, -0.25) is 0 Å². The molecule has 14 heavy (non-hydrogen) atoms. The van der Waals surface area contributed by atoms with Crippen molar-refractivity contribution in [3.63, 3.8) is 0 Å². The first kappa shape index (κ1) is 9.00. The third kappa shape index (κ3) is 1.84. The maximum absolute atomic E-state index is 4.35. The van der Waals surface area contributed by atoms with Gasteiger partial charge < -0.3 is 4.98 Å². The van der Waals surface area contributed by atoms with Crippen molar-refractivity contribution >= 4 is 0 Å². The van der Waals surface area contributed by atoms with Gasteiger partial charge in [0, 0.05) is 17.5 Å². The molecule has 0 bridgehead atoms. The largest absolute Gasteiger partial charge is 0.342 e. The van der Waals surface area contributed by atoms with Crippen LogP contribution in [0.15, 0.2) is 36.5 Å². The van der Waals surface area contributed by atoms with Crippen LogP contribution in [-0.2, 0) is 6.42 Å². The normalized spacial score (nSPS) is 10.4. The molecular weight excluding hydrogens is 172 g/mol. The van der Waals surface area contributed by atoms with E-state index in [1.54, 1.807) is 0 Å². The summed E-state index contributed by atoms with van der Waals surface area (Å²) in [5.41, 5.74) is 2.36. The summed E-state index contributed by atoms with van der Waals surface area (Å²) in [6.07, 6.45) is 4.14. The lowest BCUT2D eigenvalue weighted by Gasteiger charge is -1.95. The first-order valence-corrected chi connectivity index (χ1v) is 4.99. The Balaban J connectivity index is 2.25. The average molecular weight is 186 g/mol. The molecule has 0 saturated heterocycles. The molecule has 2 rings (SSSR count). The van der Waals surface area contributed by atoms with Crippen molar-refractivity contribution in [2.45, 2.75) is 19.8 Å². The van der Waals surface area contributed by atoms with Gasteiger partial charge in [-0.05, 0) is 6.42 Å². The first-order valence-electron chi connectivity index (χ1n) is 4.99. The van der Waals surface area contributed by atoms with Crippen LogP contribution in [0.25, 0.3) is 11.4 Å². The van der Waals surface area contributed by atoms with E-state index in [9.17, 15) is 0 Å². The number of aromatic amines is 1. The van der Waals surface area contributed by atoms with Crippen molar-refractivity contribution in [1.82, 2.24) is 9.97 Å². The summed E-state index contributed by atoms with van der Waals surface area (Å²) in [6, 6.07) is 10.2. The average Bonchev–Trinajstić information content (AvgIpc) is 2.68. The van der Waals surface area contributed by atoms with Crippen LogP contribution in [0.4, 0.5) is 0 Å². The lowest BCUT2D eigenvalue weighted by molar-refractivity contribution is 0.893. The molecule has 0 unspecified atom stereocenters. The predicted molar refractivity (Wildman–Crippen MR) is 58.0 cm³/mol. The molecule has 2 heteroatoms. The Labute approximate surface area is 84.0 Å². The minimum absolute atomic E-state index is 0.967. The molecule has 2 aromatic rings. The molecule has 0 fully saturated rings. The van der Waals surface area contributed by atoms with Crippen molar-refractivity contribution in [2.24, 2.45) is 0 Å².